The summed E-state index contributed by atoms with van der Waals surface area (Å²) in [6.45, 7) is 0. The van der Waals surface area contributed by atoms with E-state index in [0.29, 0.717) is 0 Å². The van der Waals surface area contributed by atoms with Crippen molar-refractivity contribution < 1.29 is 0 Å². The van der Waals surface area contributed by atoms with E-state index in [1.54, 1.807) is 0 Å². The lowest BCUT2D eigenvalue weighted by atomic mass is 9.67. The van der Waals surface area contributed by atoms with E-state index in [1.165, 1.54) is 71.9 Å². The summed E-state index contributed by atoms with van der Waals surface area (Å²) >= 11 is 0. The second kappa shape index (κ2) is 16.7. The number of hydrogen-bond acceptors (Lipinski definition) is 1. The normalized spacial score (nSPS) is 12.5. The van der Waals surface area contributed by atoms with Crippen molar-refractivity contribution >= 4 is 38.9 Å². The summed E-state index contributed by atoms with van der Waals surface area (Å²) in [7, 11) is 0. The van der Waals surface area contributed by atoms with Crippen molar-refractivity contribution in [3.05, 3.63) is 301 Å². The molecule has 1 aliphatic rings. The molecule has 2 heteroatoms. The van der Waals surface area contributed by atoms with Gasteiger partial charge in [0.1, 0.15) is 0 Å². The fraction of sp³-hybridized carbons (Fsp3) is 0.0149. The zero-order valence-corrected chi connectivity index (χ0v) is 38.0. The molecule has 2 nitrogen and oxygen atoms in total. The highest BCUT2D eigenvalue weighted by molar-refractivity contribution is 6.10. The largest absolute Gasteiger partial charge is 0.310 e. The maximum Gasteiger partial charge on any atom is 0.0714 e. The Labute approximate surface area is 403 Å². The highest BCUT2D eigenvalue weighted by Gasteiger charge is 2.46. The lowest BCUT2D eigenvalue weighted by Gasteiger charge is -2.35. The van der Waals surface area contributed by atoms with Crippen LogP contribution in [0.5, 0.6) is 0 Å². The molecule has 1 aromatic heterocycles. The Bertz CT molecular complexity index is 3790. The van der Waals surface area contributed by atoms with Crippen LogP contribution in [0.1, 0.15) is 22.3 Å². The molecule has 11 aromatic carbocycles. The molecule has 1 heterocycles. The van der Waals surface area contributed by atoms with E-state index in [0.717, 1.165) is 39.4 Å². The fourth-order valence-corrected chi connectivity index (χ4v) is 11.3. The van der Waals surface area contributed by atoms with Gasteiger partial charge < -0.3 is 9.47 Å². The van der Waals surface area contributed by atoms with E-state index in [4.69, 9.17) is 0 Å². The van der Waals surface area contributed by atoms with Crippen LogP contribution in [0.15, 0.2) is 279 Å². The molecule has 0 saturated heterocycles. The van der Waals surface area contributed by atoms with Gasteiger partial charge in [0.25, 0.3) is 0 Å². The molecule has 0 atom stereocenters. The first-order valence-electron chi connectivity index (χ1n) is 23.8. The monoisotopic (exact) mass is 878 g/mol. The van der Waals surface area contributed by atoms with Gasteiger partial charge >= 0.3 is 0 Å². The predicted molar refractivity (Wildman–Crippen MR) is 289 cm³/mol. The summed E-state index contributed by atoms with van der Waals surface area (Å²) in [4.78, 5) is 2.49. The van der Waals surface area contributed by atoms with Gasteiger partial charge in [0, 0.05) is 33.4 Å². The molecule has 0 N–H and O–H groups in total. The lowest BCUT2D eigenvalue weighted by Crippen LogP contribution is -2.28. The van der Waals surface area contributed by atoms with E-state index < -0.39 is 5.41 Å². The van der Waals surface area contributed by atoms with Crippen LogP contribution in [0.3, 0.4) is 0 Å². The third-order valence-corrected chi connectivity index (χ3v) is 14.3. The first-order valence-corrected chi connectivity index (χ1v) is 23.8. The van der Waals surface area contributed by atoms with Gasteiger partial charge in [0.05, 0.1) is 22.1 Å². The second-order valence-electron chi connectivity index (χ2n) is 18.0. The van der Waals surface area contributed by atoms with Gasteiger partial charge in [0.2, 0.25) is 0 Å². The van der Waals surface area contributed by atoms with E-state index in [-0.39, 0.29) is 0 Å². The maximum absolute atomic E-state index is 2.49. The van der Waals surface area contributed by atoms with Crippen LogP contribution in [0.4, 0.5) is 17.1 Å². The average Bonchev–Trinajstić information content (AvgIpc) is 3.92. The molecule has 0 spiro atoms. The number of nitrogens with zero attached hydrogens (tertiary/aromatic N) is 2. The van der Waals surface area contributed by atoms with Gasteiger partial charge in [-0.05, 0) is 116 Å². The zero-order chi connectivity index (χ0) is 45.7. The van der Waals surface area contributed by atoms with Crippen molar-refractivity contribution in [2.24, 2.45) is 0 Å². The Morgan fingerprint density at radius 1 is 0.290 bits per heavy atom. The number of rotatable bonds is 9. The summed E-state index contributed by atoms with van der Waals surface area (Å²) in [6.07, 6.45) is 0. The van der Waals surface area contributed by atoms with E-state index in [2.05, 4.69) is 289 Å². The molecule has 13 rings (SSSR count). The number of benzene rings is 11. The molecule has 0 aliphatic heterocycles. The fourth-order valence-electron chi connectivity index (χ4n) is 11.3. The molecular formula is C67H46N2. The molecule has 12 aromatic rings. The van der Waals surface area contributed by atoms with Crippen molar-refractivity contribution in [1.82, 2.24) is 4.57 Å². The van der Waals surface area contributed by atoms with Crippen LogP contribution in [-0.4, -0.2) is 4.57 Å². The van der Waals surface area contributed by atoms with Crippen LogP contribution in [0.2, 0.25) is 0 Å². The van der Waals surface area contributed by atoms with Gasteiger partial charge in [-0.1, -0.05) is 224 Å². The highest BCUT2D eigenvalue weighted by atomic mass is 15.1. The van der Waals surface area contributed by atoms with E-state index >= 15 is 0 Å². The SMILES string of the molecule is c1ccc(-c2ccccc2-c2ccccc2N(c2cccc(-c3ccc4c5ccccc5n(-c5ccccc5)c4c3)c2)c2ccc3c(c2)C(c2ccccc2)(c2ccccc2)c2ccccc2-3)cc1. The standard InChI is InChI=1S/C67H46N2/c1-5-22-47(23-6-1)55-32-13-14-33-56(55)59-35-16-19-38-64(59)68(53-31-21-24-48(44-53)49-40-42-61-60-36-17-20-39-65(60)69(66(61)45-49)52-29-11-4-12-30-52)54-41-43-58-57-34-15-18-37-62(57)67(63(58)46-54,50-25-7-2-8-26-50)51-27-9-3-10-28-51/h1-46H. The van der Waals surface area contributed by atoms with Crippen LogP contribution in [0, 0.1) is 0 Å². The summed E-state index contributed by atoms with van der Waals surface area (Å²) in [5.41, 5.74) is 20.8. The maximum atomic E-state index is 2.49. The van der Waals surface area contributed by atoms with Crippen molar-refractivity contribution in [2.75, 3.05) is 4.90 Å². The first-order chi connectivity index (χ1) is 34.3. The third kappa shape index (κ3) is 6.56. The molecule has 0 fully saturated rings. The molecule has 0 saturated carbocycles. The van der Waals surface area contributed by atoms with E-state index in [1.807, 2.05) is 0 Å². The Kier molecular flexibility index (Phi) is 9.77. The van der Waals surface area contributed by atoms with Crippen LogP contribution in [0.25, 0.3) is 72.0 Å². The van der Waals surface area contributed by atoms with Crippen LogP contribution >= 0.6 is 0 Å². The van der Waals surface area contributed by atoms with Crippen molar-refractivity contribution in [3.8, 4) is 50.2 Å². The smallest absolute Gasteiger partial charge is 0.0714 e. The van der Waals surface area contributed by atoms with Crippen molar-refractivity contribution in [1.29, 1.82) is 0 Å². The Morgan fingerprint density at radius 3 is 1.58 bits per heavy atom. The topological polar surface area (TPSA) is 8.17 Å². The minimum Gasteiger partial charge on any atom is -0.310 e. The predicted octanol–water partition coefficient (Wildman–Crippen LogP) is 17.6. The Balaban J connectivity index is 1.06. The zero-order valence-electron chi connectivity index (χ0n) is 38.0. The molecular weight excluding hydrogens is 833 g/mol. The number of para-hydroxylation sites is 3. The summed E-state index contributed by atoms with van der Waals surface area (Å²) < 4.78 is 2.40. The van der Waals surface area contributed by atoms with Gasteiger partial charge in [0.15, 0.2) is 0 Å². The minimum atomic E-state index is -0.552. The molecule has 1 aliphatic carbocycles. The third-order valence-electron chi connectivity index (χ3n) is 14.3. The van der Waals surface area contributed by atoms with Gasteiger partial charge in [-0.2, -0.15) is 0 Å². The first kappa shape index (κ1) is 40.3. The molecule has 324 valence electrons. The summed E-state index contributed by atoms with van der Waals surface area (Å²) in [6, 6.07) is 102. The molecule has 0 amide bonds. The molecule has 0 bridgehead atoms. The van der Waals surface area contributed by atoms with Crippen LogP contribution in [-0.2, 0) is 5.41 Å². The summed E-state index contributed by atoms with van der Waals surface area (Å²) in [5.74, 6) is 0. The Hall–Kier alpha value is -8.98. The summed E-state index contributed by atoms with van der Waals surface area (Å²) in [5, 5.41) is 2.48. The number of hydrogen-bond donors (Lipinski definition) is 0. The number of aromatic nitrogens is 1. The minimum absolute atomic E-state index is 0.552. The highest BCUT2D eigenvalue weighted by Crippen LogP contribution is 2.57. The van der Waals surface area contributed by atoms with E-state index in [9.17, 15) is 0 Å². The molecule has 0 radical (unpaired) electrons. The van der Waals surface area contributed by atoms with Crippen molar-refractivity contribution in [2.45, 2.75) is 5.41 Å². The van der Waals surface area contributed by atoms with Gasteiger partial charge in [-0.3, -0.25) is 0 Å². The van der Waals surface area contributed by atoms with Crippen LogP contribution < -0.4 is 4.90 Å². The molecule has 0 unspecified atom stereocenters. The second-order valence-corrected chi connectivity index (χ2v) is 18.0. The Morgan fingerprint density at radius 2 is 0.826 bits per heavy atom. The molecule has 69 heavy (non-hydrogen) atoms. The number of fused-ring (bicyclic) bond motifs is 6. The van der Waals surface area contributed by atoms with Crippen molar-refractivity contribution in [3.63, 3.8) is 0 Å². The van der Waals surface area contributed by atoms with Gasteiger partial charge in [-0.15, -0.1) is 0 Å². The van der Waals surface area contributed by atoms with Gasteiger partial charge in [-0.25, -0.2) is 0 Å². The number of anilines is 3. The average molecular weight is 879 g/mol. The lowest BCUT2D eigenvalue weighted by molar-refractivity contribution is 0.768. The quantitative estimate of drug-likeness (QED) is 0.140.